The maximum Gasteiger partial charge on any atom is 0.229 e. The highest BCUT2D eigenvalue weighted by atomic mass is 16.5. The lowest BCUT2D eigenvalue weighted by Crippen LogP contribution is -2.45. The molecule has 0 bridgehead atoms. The van der Waals surface area contributed by atoms with Crippen molar-refractivity contribution in [1.82, 2.24) is 9.80 Å². The first kappa shape index (κ1) is 13.7. The summed E-state index contributed by atoms with van der Waals surface area (Å²) in [5, 5.41) is 8.94. The summed E-state index contributed by atoms with van der Waals surface area (Å²) >= 11 is 0. The molecule has 2 aliphatic rings. The van der Waals surface area contributed by atoms with Gasteiger partial charge in [-0.05, 0) is 13.0 Å². The van der Waals surface area contributed by atoms with Gasteiger partial charge in [-0.2, -0.15) is 0 Å². The van der Waals surface area contributed by atoms with Gasteiger partial charge in [0, 0.05) is 32.2 Å². The number of aliphatic hydroxyl groups is 1. The Morgan fingerprint density at radius 1 is 1.28 bits per heavy atom. The van der Waals surface area contributed by atoms with E-state index in [1.54, 1.807) is 0 Å². The van der Waals surface area contributed by atoms with E-state index >= 15 is 0 Å². The van der Waals surface area contributed by atoms with Crippen LogP contribution >= 0.6 is 0 Å². The summed E-state index contributed by atoms with van der Waals surface area (Å²) in [4.78, 5) is 16.4. The van der Waals surface area contributed by atoms with Crippen LogP contribution in [0, 0.1) is 5.92 Å². The molecule has 2 atom stereocenters. The predicted octanol–water partition coefficient (Wildman–Crippen LogP) is -1.51. The number of β-amino-alcohol motifs (C(OH)–C–C–N with tert-alkyl or cyclic N) is 1. The molecule has 2 saturated heterocycles. The Morgan fingerprint density at radius 3 is 2.78 bits per heavy atom. The Morgan fingerprint density at radius 2 is 2.11 bits per heavy atom. The predicted molar refractivity (Wildman–Crippen MR) is 67.0 cm³/mol. The zero-order valence-corrected chi connectivity index (χ0v) is 10.8. The number of carbonyl (C=O) groups is 1. The van der Waals surface area contributed by atoms with Gasteiger partial charge in [-0.25, -0.2) is 0 Å². The largest absolute Gasteiger partial charge is 0.395 e. The first-order valence-corrected chi connectivity index (χ1v) is 6.67. The number of ether oxygens (including phenoxy) is 1. The fraction of sp³-hybridized carbons (Fsp3) is 0.917. The van der Waals surface area contributed by atoms with Crippen LogP contribution in [0.25, 0.3) is 0 Å². The van der Waals surface area contributed by atoms with E-state index in [0.717, 1.165) is 32.6 Å². The Kier molecular flexibility index (Phi) is 4.94. The van der Waals surface area contributed by atoms with E-state index in [1.165, 1.54) is 0 Å². The van der Waals surface area contributed by atoms with Gasteiger partial charge in [0.1, 0.15) is 0 Å². The molecule has 0 saturated carbocycles. The quantitative estimate of drug-likeness (QED) is 0.642. The smallest absolute Gasteiger partial charge is 0.229 e. The number of hydrogen-bond donors (Lipinski definition) is 2. The van der Waals surface area contributed by atoms with Crippen LogP contribution in [0.1, 0.15) is 6.42 Å². The van der Waals surface area contributed by atoms with Crippen molar-refractivity contribution in [3.05, 3.63) is 0 Å². The van der Waals surface area contributed by atoms with Crippen molar-refractivity contribution in [2.75, 3.05) is 52.5 Å². The van der Waals surface area contributed by atoms with Crippen LogP contribution in [-0.2, 0) is 9.53 Å². The van der Waals surface area contributed by atoms with Gasteiger partial charge in [0.2, 0.25) is 5.91 Å². The summed E-state index contributed by atoms with van der Waals surface area (Å²) in [6.45, 7) is 5.08. The molecule has 0 aliphatic carbocycles. The minimum Gasteiger partial charge on any atom is -0.395 e. The summed E-state index contributed by atoms with van der Waals surface area (Å²) in [6, 6.07) is -0.158. The van der Waals surface area contributed by atoms with Crippen LogP contribution in [0.3, 0.4) is 0 Å². The lowest BCUT2D eigenvalue weighted by Gasteiger charge is -2.25. The van der Waals surface area contributed by atoms with E-state index in [4.69, 9.17) is 15.6 Å². The number of aliphatic hydroxyl groups excluding tert-OH is 1. The van der Waals surface area contributed by atoms with E-state index in [9.17, 15) is 4.79 Å². The Bertz CT molecular complexity index is 288. The molecule has 2 heterocycles. The SMILES string of the molecule is NC1COCC1C(=O)N1CCCN(CCO)CC1. The maximum absolute atomic E-state index is 12.3. The Hall–Kier alpha value is -0.690. The topological polar surface area (TPSA) is 79.0 Å². The van der Waals surface area contributed by atoms with Crippen LogP contribution in [-0.4, -0.2) is 79.4 Å². The molecule has 3 N–H and O–H groups in total. The minimum atomic E-state index is -0.172. The molecule has 0 aromatic heterocycles. The van der Waals surface area contributed by atoms with Crippen LogP contribution < -0.4 is 5.73 Å². The first-order valence-electron chi connectivity index (χ1n) is 6.67. The van der Waals surface area contributed by atoms with Crippen molar-refractivity contribution in [3.63, 3.8) is 0 Å². The number of rotatable bonds is 3. The van der Waals surface area contributed by atoms with E-state index in [-0.39, 0.29) is 24.5 Å². The highest BCUT2D eigenvalue weighted by molar-refractivity contribution is 5.80. The summed E-state index contributed by atoms with van der Waals surface area (Å²) in [7, 11) is 0. The standard InChI is InChI=1S/C12H23N3O3/c13-11-9-18-8-10(11)12(17)15-3-1-2-14(4-5-15)6-7-16/h10-11,16H,1-9,13H2. The van der Waals surface area contributed by atoms with Gasteiger partial charge >= 0.3 is 0 Å². The summed E-state index contributed by atoms with van der Waals surface area (Å²) in [6.07, 6.45) is 0.953. The fourth-order valence-electron chi connectivity index (χ4n) is 2.62. The Labute approximate surface area is 108 Å². The normalized spacial score (nSPS) is 30.4. The average Bonchev–Trinajstić information content (AvgIpc) is 2.64. The second-order valence-electron chi connectivity index (χ2n) is 5.05. The van der Waals surface area contributed by atoms with Crippen molar-refractivity contribution in [1.29, 1.82) is 0 Å². The van der Waals surface area contributed by atoms with Gasteiger partial charge in [0.05, 0.1) is 25.7 Å². The van der Waals surface area contributed by atoms with E-state index in [1.807, 2.05) is 4.90 Å². The third kappa shape index (κ3) is 3.20. The summed E-state index contributed by atoms with van der Waals surface area (Å²) in [5.74, 6) is -0.0414. The Balaban J connectivity index is 1.87. The molecular weight excluding hydrogens is 234 g/mol. The molecule has 0 radical (unpaired) electrons. The molecule has 0 spiro atoms. The molecule has 2 aliphatic heterocycles. The van der Waals surface area contributed by atoms with Crippen LogP contribution in [0.2, 0.25) is 0 Å². The lowest BCUT2D eigenvalue weighted by molar-refractivity contribution is -0.135. The van der Waals surface area contributed by atoms with Gasteiger partial charge in [-0.1, -0.05) is 0 Å². The molecule has 1 amide bonds. The second kappa shape index (κ2) is 6.47. The van der Waals surface area contributed by atoms with Gasteiger partial charge < -0.3 is 20.5 Å². The number of nitrogens with two attached hydrogens (primary N) is 1. The van der Waals surface area contributed by atoms with Gasteiger partial charge in [0.15, 0.2) is 0 Å². The van der Waals surface area contributed by atoms with Crippen LogP contribution in [0.15, 0.2) is 0 Å². The number of nitrogens with zero attached hydrogens (tertiary/aromatic N) is 2. The summed E-state index contributed by atoms with van der Waals surface area (Å²) < 4.78 is 5.26. The number of carbonyl (C=O) groups excluding carboxylic acids is 1. The highest BCUT2D eigenvalue weighted by Gasteiger charge is 2.34. The second-order valence-corrected chi connectivity index (χ2v) is 5.05. The highest BCUT2D eigenvalue weighted by Crippen LogP contribution is 2.16. The molecule has 2 fully saturated rings. The zero-order valence-electron chi connectivity index (χ0n) is 10.8. The van der Waals surface area contributed by atoms with Crippen molar-refractivity contribution in [2.45, 2.75) is 12.5 Å². The zero-order chi connectivity index (χ0) is 13.0. The average molecular weight is 257 g/mol. The number of amides is 1. The van der Waals surface area contributed by atoms with Crippen molar-refractivity contribution >= 4 is 5.91 Å². The molecule has 0 aromatic rings. The van der Waals surface area contributed by atoms with E-state index in [0.29, 0.717) is 19.8 Å². The third-order valence-corrected chi connectivity index (χ3v) is 3.76. The maximum atomic E-state index is 12.3. The molecule has 6 nitrogen and oxygen atoms in total. The lowest BCUT2D eigenvalue weighted by atomic mass is 10.0. The van der Waals surface area contributed by atoms with Crippen molar-refractivity contribution < 1.29 is 14.6 Å². The van der Waals surface area contributed by atoms with Gasteiger partial charge in [-0.15, -0.1) is 0 Å². The van der Waals surface area contributed by atoms with Crippen LogP contribution in [0.4, 0.5) is 0 Å². The van der Waals surface area contributed by atoms with E-state index in [2.05, 4.69) is 4.90 Å². The molecular formula is C12H23N3O3. The van der Waals surface area contributed by atoms with Gasteiger partial charge in [-0.3, -0.25) is 9.69 Å². The molecule has 6 heteroatoms. The van der Waals surface area contributed by atoms with Gasteiger partial charge in [0.25, 0.3) is 0 Å². The number of hydrogen-bond acceptors (Lipinski definition) is 5. The van der Waals surface area contributed by atoms with E-state index < -0.39 is 0 Å². The molecule has 2 rings (SSSR count). The monoisotopic (exact) mass is 257 g/mol. The molecule has 0 aromatic carbocycles. The first-order chi connectivity index (χ1) is 8.72. The molecule has 104 valence electrons. The third-order valence-electron chi connectivity index (χ3n) is 3.76. The minimum absolute atomic E-state index is 0.130. The fourth-order valence-corrected chi connectivity index (χ4v) is 2.62. The van der Waals surface area contributed by atoms with Crippen molar-refractivity contribution in [3.8, 4) is 0 Å². The van der Waals surface area contributed by atoms with Crippen LogP contribution in [0.5, 0.6) is 0 Å². The molecule has 2 unspecified atom stereocenters. The summed E-state index contributed by atoms with van der Waals surface area (Å²) in [5.41, 5.74) is 5.88. The van der Waals surface area contributed by atoms with Crippen molar-refractivity contribution in [2.24, 2.45) is 11.7 Å². The molecule has 18 heavy (non-hydrogen) atoms.